The molecule has 0 saturated carbocycles. The van der Waals surface area contributed by atoms with Crippen LogP contribution in [0.3, 0.4) is 0 Å². The van der Waals surface area contributed by atoms with Gasteiger partial charge in [-0.05, 0) is 38.5 Å². The molecule has 0 radical (unpaired) electrons. The third-order valence-corrected chi connectivity index (χ3v) is 2.98. The van der Waals surface area contributed by atoms with Gasteiger partial charge >= 0.3 is 6.09 Å². The van der Waals surface area contributed by atoms with Gasteiger partial charge in [-0.3, -0.25) is 5.32 Å². The van der Waals surface area contributed by atoms with E-state index in [2.05, 4.69) is 15.5 Å². The molecule has 0 aliphatic rings. The highest BCUT2D eigenvalue weighted by Gasteiger charge is 2.17. The van der Waals surface area contributed by atoms with Crippen molar-refractivity contribution in [1.82, 2.24) is 4.98 Å². The summed E-state index contributed by atoms with van der Waals surface area (Å²) in [6, 6.07) is 12.7. The molecule has 1 aromatic heterocycles. The Morgan fingerprint density at radius 2 is 2.00 bits per heavy atom. The average molecular weight is 362 g/mol. The maximum absolute atomic E-state index is 11.8. The number of nitrogens with one attached hydrogen (secondary N) is 1. The summed E-state index contributed by atoms with van der Waals surface area (Å²) in [5.74, 6) is 0.285. The van der Waals surface area contributed by atoms with E-state index in [1.165, 1.54) is 6.07 Å². The normalized spacial score (nSPS) is 11.4. The van der Waals surface area contributed by atoms with Crippen molar-refractivity contribution >= 4 is 29.7 Å². The monoisotopic (exact) mass is 361 g/mol. The first kappa shape index (κ1) is 18.7. The predicted octanol–water partition coefficient (Wildman–Crippen LogP) is 4.63. The van der Waals surface area contributed by atoms with E-state index in [4.69, 9.17) is 21.2 Å². The van der Waals surface area contributed by atoms with Crippen LogP contribution in [0.15, 0.2) is 47.6 Å². The number of nitrogens with zero attached hydrogens (tertiary/aromatic N) is 2. The van der Waals surface area contributed by atoms with Crippen LogP contribution in [0.1, 0.15) is 32.0 Å². The number of hydrogen-bond donors (Lipinski definition) is 1. The number of oxime groups is 1. The zero-order valence-corrected chi connectivity index (χ0v) is 15.1. The van der Waals surface area contributed by atoms with Gasteiger partial charge in [-0.15, -0.1) is 0 Å². The fourth-order valence-corrected chi connectivity index (χ4v) is 2.07. The van der Waals surface area contributed by atoms with Crippen molar-refractivity contribution in [1.29, 1.82) is 0 Å². The second-order valence-electron chi connectivity index (χ2n) is 6.21. The van der Waals surface area contributed by atoms with Crippen LogP contribution in [0.5, 0.6) is 0 Å². The molecule has 1 amide bonds. The number of carbonyl (C=O) groups is 1. The summed E-state index contributed by atoms with van der Waals surface area (Å²) in [7, 11) is 0. The maximum atomic E-state index is 11.8. The summed E-state index contributed by atoms with van der Waals surface area (Å²) < 4.78 is 5.18. The Bertz CT molecular complexity index is 743. The van der Waals surface area contributed by atoms with Crippen LogP contribution in [0.4, 0.5) is 10.6 Å². The molecule has 1 aromatic carbocycles. The van der Waals surface area contributed by atoms with Gasteiger partial charge in [0.05, 0.1) is 11.9 Å². The number of aromatic nitrogens is 1. The Kier molecular flexibility index (Phi) is 6.36. The highest BCUT2D eigenvalue weighted by Crippen LogP contribution is 2.17. The molecule has 0 atom stereocenters. The molecular weight excluding hydrogens is 342 g/mol. The van der Waals surface area contributed by atoms with Gasteiger partial charge in [0.25, 0.3) is 0 Å². The number of hydrogen-bond acceptors (Lipinski definition) is 5. The van der Waals surface area contributed by atoms with E-state index >= 15 is 0 Å². The van der Waals surface area contributed by atoms with Gasteiger partial charge < -0.3 is 9.57 Å². The van der Waals surface area contributed by atoms with Crippen molar-refractivity contribution in [3.05, 3.63) is 58.7 Å². The van der Waals surface area contributed by atoms with Gasteiger partial charge in [0.2, 0.25) is 0 Å². The van der Waals surface area contributed by atoms with Gasteiger partial charge in [0.15, 0.2) is 6.61 Å². The van der Waals surface area contributed by atoms with E-state index < -0.39 is 11.7 Å². The quantitative estimate of drug-likeness (QED) is 0.622. The van der Waals surface area contributed by atoms with Gasteiger partial charge in [-0.2, -0.15) is 0 Å². The Morgan fingerprint density at radius 1 is 1.28 bits per heavy atom. The molecule has 0 unspecified atom stereocenters. The molecule has 6 nitrogen and oxygen atoms in total. The number of rotatable bonds is 5. The highest BCUT2D eigenvalue weighted by molar-refractivity contribution is 6.30. The second-order valence-corrected chi connectivity index (χ2v) is 6.64. The molecule has 1 N–H and O–H groups in total. The fraction of sp³-hybridized carbons (Fsp3) is 0.278. The van der Waals surface area contributed by atoms with Crippen molar-refractivity contribution in [3.8, 4) is 0 Å². The van der Waals surface area contributed by atoms with Crippen LogP contribution >= 0.6 is 11.6 Å². The van der Waals surface area contributed by atoms with Gasteiger partial charge in [0, 0.05) is 5.02 Å². The smallest absolute Gasteiger partial charge is 0.413 e. The molecule has 0 fully saturated rings. The molecule has 2 aromatic rings. The summed E-state index contributed by atoms with van der Waals surface area (Å²) >= 11 is 6.05. The maximum Gasteiger partial charge on any atom is 0.413 e. The lowest BCUT2D eigenvalue weighted by Crippen LogP contribution is -2.27. The van der Waals surface area contributed by atoms with E-state index in [-0.39, 0.29) is 12.4 Å². The lowest BCUT2D eigenvalue weighted by molar-refractivity contribution is 0.0635. The van der Waals surface area contributed by atoms with Crippen LogP contribution in [0.2, 0.25) is 5.02 Å². The molecule has 0 saturated heterocycles. The molecule has 1 heterocycles. The Balaban J connectivity index is 1.94. The number of anilines is 1. The predicted molar refractivity (Wildman–Crippen MR) is 97.9 cm³/mol. The SMILES string of the molecule is CC(C)(C)OC(=O)Nc1cc(Cl)cc(CON=Cc2ccccc2)n1. The Morgan fingerprint density at radius 3 is 2.68 bits per heavy atom. The zero-order chi connectivity index (χ0) is 18.3. The van der Waals surface area contributed by atoms with Crippen LogP contribution < -0.4 is 5.32 Å². The molecule has 2 rings (SSSR count). The summed E-state index contributed by atoms with van der Waals surface area (Å²) in [5.41, 5.74) is 0.860. The first-order valence-corrected chi connectivity index (χ1v) is 8.06. The van der Waals surface area contributed by atoms with E-state index in [9.17, 15) is 4.79 Å². The van der Waals surface area contributed by atoms with Gasteiger partial charge in [-0.25, -0.2) is 9.78 Å². The first-order valence-electron chi connectivity index (χ1n) is 7.69. The fourth-order valence-electron chi connectivity index (χ4n) is 1.84. The minimum Gasteiger partial charge on any atom is -0.444 e. The van der Waals surface area contributed by atoms with Gasteiger partial charge in [-0.1, -0.05) is 47.1 Å². The molecular formula is C18H20ClN3O3. The lowest BCUT2D eigenvalue weighted by Gasteiger charge is -2.19. The van der Waals surface area contributed by atoms with Crippen molar-refractivity contribution in [2.45, 2.75) is 33.0 Å². The van der Waals surface area contributed by atoms with E-state index in [1.807, 2.05) is 30.3 Å². The third kappa shape index (κ3) is 7.22. The highest BCUT2D eigenvalue weighted by atomic mass is 35.5. The van der Waals surface area contributed by atoms with Crippen LogP contribution in [0.25, 0.3) is 0 Å². The number of pyridine rings is 1. The number of amides is 1. The minimum atomic E-state index is -0.601. The third-order valence-electron chi connectivity index (χ3n) is 2.76. The molecule has 132 valence electrons. The lowest BCUT2D eigenvalue weighted by atomic mass is 10.2. The van der Waals surface area contributed by atoms with Crippen molar-refractivity contribution in [3.63, 3.8) is 0 Å². The molecule has 0 spiro atoms. The summed E-state index contributed by atoms with van der Waals surface area (Å²) in [4.78, 5) is 21.3. The van der Waals surface area contributed by atoms with Crippen molar-refractivity contribution < 1.29 is 14.4 Å². The summed E-state index contributed by atoms with van der Waals surface area (Å²) in [6.45, 7) is 5.46. The van der Waals surface area contributed by atoms with Crippen molar-refractivity contribution in [2.24, 2.45) is 5.16 Å². The Labute approximate surface area is 151 Å². The number of ether oxygens (including phenoxy) is 1. The Hall–Kier alpha value is -2.60. The zero-order valence-electron chi connectivity index (χ0n) is 14.3. The van der Waals surface area contributed by atoms with Crippen LogP contribution in [0, 0.1) is 0 Å². The van der Waals surface area contributed by atoms with Gasteiger partial charge in [0.1, 0.15) is 11.4 Å². The standard InChI is InChI=1S/C18H20ClN3O3/c1-18(2,3)25-17(23)22-16-10-14(19)9-15(21-16)12-24-20-11-13-7-5-4-6-8-13/h4-11H,12H2,1-3H3,(H,21,22,23). The number of benzene rings is 1. The van der Waals surface area contributed by atoms with Crippen LogP contribution in [-0.4, -0.2) is 22.9 Å². The average Bonchev–Trinajstić information content (AvgIpc) is 2.50. The molecule has 0 aliphatic carbocycles. The van der Waals surface area contributed by atoms with E-state index in [1.54, 1.807) is 33.1 Å². The minimum absolute atomic E-state index is 0.118. The number of carbonyl (C=O) groups excluding carboxylic acids is 1. The molecule has 25 heavy (non-hydrogen) atoms. The topological polar surface area (TPSA) is 72.8 Å². The largest absolute Gasteiger partial charge is 0.444 e. The first-order chi connectivity index (χ1) is 11.8. The molecule has 0 bridgehead atoms. The molecule has 7 heteroatoms. The summed E-state index contributed by atoms with van der Waals surface area (Å²) in [5, 5.41) is 6.85. The number of halogens is 1. The van der Waals surface area contributed by atoms with Crippen molar-refractivity contribution in [2.75, 3.05) is 5.32 Å². The van der Waals surface area contributed by atoms with Crippen LogP contribution in [-0.2, 0) is 16.2 Å². The van der Waals surface area contributed by atoms with E-state index in [0.717, 1.165) is 5.56 Å². The molecule has 0 aliphatic heterocycles. The second kappa shape index (κ2) is 8.48. The summed E-state index contributed by atoms with van der Waals surface area (Å²) in [6.07, 6.45) is 1.00. The van der Waals surface area contributed by atoms with E-state index in [0.29, 0.717) is 10.7 Å².